The third kappa shape index (κ3) is 2.96. The minimum absolute atomic E-state index is 0.210. The third-order valence-electron chi connectivity index (χ3n) is 3.60. The largest absolute Gasteiger partial charge is 0.299 e. The second-order valence-electron chi connectivity index (χ2n) is 4.96. The van der Waals surface area contributed by atoms with Crippen LogP contribution in [0.4, 0.5) is 0 Å². The number of hydrogen-bond donors (Lipinski definition) is 0. The molecule has 1 aliphatic rings. The van der Waals surface area contributed by atoms with Crippen LogP contribution in [0.1, 0.15) is 38.9 Å². The van der Waals surface area contributed by atoms with Crippen LogP contribution in [0.15, 0.2) is 6.33 Å². The molecule has 5 heteroatoms. The fourth-order valence-electron chi connectivity index (χ4n) is 2.49. The van der Waals surface area contributed by atoms with Crippen molar-refractivity contribution in [3.63, 3.8) is 0 Å². The number of ketones is 1. The molecular formula is C13H22N4O. The molecule has 0 bridgehead atoms. The van der Waals surface area contributed by atoms with Crippen molar-refractivity contribution in [1.82, 2.24) is 19.7 Å². The normalized spacial score (nSPS) is 21.4. The molecule has 1 atom stereocenters. The van der Waals surface area contributed by atoms with Gasteiger partial charge in [0.15, 0.2) is 0 Å². The van der Waals surface area contributed by atoms with Gasteiger partial charge in [-0.1, -0.05) is 13.8 Å². The first kappa shape index (κ1) is 13.2. The van der Waals surface area contributed by atoms with E-state index in [1.807, 2.05) is 4.68 Å². The zero-order valence-corrected chi connectivity index (χ0v) is 11.3. The summed E-state index contributed by atoms with van der Waals surface area (Å²) in [5.74, 6) is 1.64. The maximum absolute atomic E-state index is 11.7. The van der Waals surface area contributed by atoms with Crippen molar-refractivity contribution in [2.24, 2.45) is 5.92 Å². The van der Waals surface area contributed by atoms with Gasteiger partial charge in [0.05, 0.1) is 6.54 Å². The molecule has 0 saturated carbocycles. The summed E-state index contributed by atoms with van der Waals surface area (Å²) in [7, 11) is 0. The second kappa shape index (κ2) is 6.09. The van der Waals surface area contributed by atoms with Gasteiger partial charge in [0, 0.05) is 32.0 Å². The minimum Gasteiger partial charge on any atom is -0.299 e. The van der Waals surface area contributed by atoms with Gasteiger partial charge in [-0.15, -0.1) is 0 Å². The highest BCUT2D eigenvalue weighted by molar-refractivity contribution is 5.82. The van der Waals surface area contributed by atoms with Crippen LogP contribution in [0.2, 0.25) is 0 Å². The van der Waals surface area contributed by atoms with Crippen LogP contribution in [0.25, 0.3) is 0 Å². The van der Waals surface area contributed by atoms with Crippen molar-refractivity contribution >= 4 is 5.78 Å². The van der Waals surface area contributed by atoms with Gasteiger partial charge in [-0.25, -0.2) is 9.67 Å². The summed E-state index contributed by atoms with van der Waals surface area (Å²) in [5, 5.41) is 4.24. The third-order valence-corrected chi connectivity index (χ3v) is 3.60. The topological polar surface area (TPSA) is 51.0 Å². The maximum atomic E-state index is 11.7. The summed E-state index contributed by atoms with van der Waals surface area (Å²) < 4.78 is 1.97. The summed E-state index contributed by atoms with van der Waals surface area (Å²) in [6, 6.07) is 0. The zero-order chi connectivity index (χ0) is 13.0. The smallest absolute Gasteiger partial charge is 0.141 e. The molecule has 0 aromatic carbocycles. The molecule has 0 N–H and O–H groups in total. The van der Waals surface area contributed by atoms with Crippen LogP contribution in [0.3, 0.4) is 0 Å². The molecule has 2 heterocycles. The van der Waals surface area contributed by atoms with E-state index in [4.69, 9.17) is 0 Å². The number of nitrogens with zero attached hydrogens (tertiary/aromatic N) is 4. The van der Waals surface area contributed by atoms with E-state index in [2.05, 4.69) is 28.8 Å². The van der Waals surface area contributed by atoms with E-state index in [1.54, 1.807) is 6.33 Å². The Morgan fingerprint density at radius 1 is 1.44 bits per heavy atom. The van der Waals surface area contributed by atoms with Gasteiger partial charge >= 0.3 is 0 Å². The van der Waals surface area contributed by atoms with Crippen LogP contribution in [-0.2, 0) is 17.9 Å². The quantitative estimate of drug-likeness (QED) is 0.794. The second-order valence-corrected chi connectivity index (χ2v) is 4.96. The van der Waals surface area contributed by atoms with Crippen LogP contribution < -0.4 is 0 Å². The highest BCUT2D eigenvalue weighted by atomic mass is 16.1. The predicted octanol–water partition coefficient (Wildman–Crippen LogP) is 1.49. The molecule has 100 valence electrons. The van der Waals surface area contributed by atoms with Crippen molar-refractivity contribution in [3.05, 3.63) is 12.2 Å². The summed E-state index contributed by atoms with van der Waals surface area (Å²) >= 11 is 0. The van der Waals surface area contributed by atoms with Crippen LogP contribution in [0, 0.1) is 5.92 Å². The number of carbonyl (C=O) groups is 1. The standard InChI is InChI=1S/C13H22N4O/c1-3-6-17-13(14-10-15-17)9-16-7-5-12(18)11(4-2)8-16/h10-11H,3-9H2,1-2H3. The van der Waals surface area contributed by atoms with Gasteiger partial charge in [0.25, 0.3) is 0 Å². The molecule has 1 aliphatic heterocycles. The first-order valence-corrected chi connectivity index (χ1v) is 6.86. The average molecular weight is 250 g/mol. The van der Waals surface area contributed by atoms with Crippen LogP contribution in [-0.4, -0.2) is 38.5 Å². The number of aromatic nitrogens is 3. The fraction of sp³-hybridized carbons (Fsp3) is 0.769. The Bertz CT molecular complexity index is 401. The van der Waals surface area contributed by atoms with E-state index < -0.39 is 0 Å². The summed E-state index contributed by atoms with van der Waals surface area (Å²) in [6.07, 6.45) is 4.31. The molecule has 1 fully saturated rings. The monoisotopic (exact) mass is 250 g/mol. The SMILES string of the molecule is CCCn1ncnc1CN1CCC(=O)C(CC)C1. The van der Waals surface area contributed by atoms with Gasteiger partial charge in [-0.2, -0.15) is 5.10 Å². The minimum atomic E-state index is 0.210. The van der Waals surface area contributed by atoms with Gasteiger partial charge in [-0.3, -0.25) is 9.69 Å². The Hall–Kier alpha value is -1.23. The Kier molecular flexibility index (Phi) is 4.47. The number of rotatable bonds is 5. The van der Waals surface area contributed by atoms with Crippen molar-refractivity contribution < 1.29 is 4.79 Å². The molecular weight excluding hydrogens is 228 g/mol. The average Bonchev–Trinajstić information content (AvgIpc) is 2.80. The molecule has 0 aliphatic carbocycles. The van der Waals surface area contributed by atoms with Gasteiger partial charge in [0.2, 0.25) is 0 Å². The molecule has 18 heavy (non-hydrogen) atoms. The van der Waals surface area contributed by atoms with E-state index in [-0.39, 0.29) is 5.92 Å². The predicted molar refractivity (Wildman–Crippen MR) is 69.0 cm³/mol. The summed E-state index contributed by atoms with van der Waals surface area (Å²) in [4.78, 5) is 18.3. The van der Waals surface area contributed by atoms with E-state index in [0.717, 1.165) is 44.8 Å². The first-order valence-electron chi connectivity index (χ1n) is 6.86. The Morgan fingerprint density at radius 3 is 3.00 bits per heavy atom. The van der Waals surface area contributed by atoms with E-state index in [1.165, 1.54) is 0 Å². The molecule has 1 aromatic rings. The number of aryl methyl sites for hydroxylation is 1. The lowest BCUT2D eigenvalue weighted by molar-refractivity contribution is -0.126. The lowest BCUT2D eigenvalue weighted by Crippen LogP contribution is -2.40. The van der Waals surface area contributed by atoms with Crippen molar-refractivity contribution in [3.8, 4) is 0 Å². The van der Waals surface area contributed by atoms with Crippen molar-refractivity contribution in [2.45, 2.75) is 46.2 Å². The number of piperidine rings is 1. The maximum Gasteiger partial charge on any atom is 0.141 e. The highest BCUT2D eigenvalue weighted by Gasteiger charge is 2.26. The zero-order valence-electron chi connectivity index (χ0n) is 11.3. The lowest BCUT2D eigenvalue weighted by Gasteiger charge is -2.30. The van der Waals surface area contributed by atoms with Crippen LogP contribution in [0.5, 0.6) is 0 Å². The molecule has 1 aromatic heterocycles. The Morgan fingerprint density at radius 2 is 2.28 bits per heavy atom. The van der Waals surface area contributed by atoms with Crippen LogP contribution >= 0.6 is 0 Å². The Balaban J connectivity index is 1.96. The molecule has 2 rings (SSSR count). The molecule has 1 unspecified atom stereocenters. The van der Waals surface area contributed by atoms with E-state index >= 15 is 0 Å². The van der Waals surface area contributed by atoms with Gasteiger partial charge in [0.1, 0.15) is 17.9 Å². The van der Waals surface area contributed by atoms with E-state index in [9.17, 15) is 4.79 Å². The van der Waals surface area contributed by atoms with Gasteiger partial charge < -0.3 is 0 Å². The fourth-order valence-corrected chi connectivity index (χ4v) is 2.49. The molecule has 0 spiro atoms. The number of hydrogen-bond acceptors (Lipinski definition) is 4. The molecule has 0 radical (unpaired) electrons. The molecule has 0 amide bonds. The van der Waals surface area contributed by atoms with E-state index in [0.29, 0.717) is 12.2 Å². The molecule has 1 saturated heterocycles. The lowest BCUT2D eigenvalue weighted by atomic mass is 9.94. The summed E-state index contributed by atoms with van der Waals surface area (Å²) in [5.41, 5.74) is 0. The number of likely N-dealkylation sites (tertiary alicyclic amines) is 1. The van der Waals surface area contributed by atoms with Crippen molar-refractivity contribution in [2.75, 3.05) is 13.1 Å². The number of carbonyl (C=O) groups excluding carboxylic acids is 1. The highest BCUT2D eigenvalue weighted by Crippen LogP contribution is 2.17. The first-order chi connectivity index (χ1) is 8.74. The van der Waals surface area contributed by atoms with Crippen molar-refractivity contribution in [1.29, 1.82) is 0 Å². The van der Waals surface area contributed by atoms with Gasteiger partial charge in [-0.05, 0) is 12.8 Å². The summed E-state index contributed by atoms with van der Waals surface area (Å²) in [6.45, 7) is 7.68. The Labute approximate surface area is 108 Å². The number of Topliss-reactive ketones (excluding diaryl/α,β-unsaturated/α-hetero) is 1. The molecule has 5 nitrogen and oxygen atoms in total.